The fourth-order valence-electron chi connectivity index (χ4n) is 1.89. The largest absolute Gasteiger partial charge is 0.339 e. The third kappa shape index (κ3) is 4.67. The molecule has 0 radical (unpaired) electrons. The van der Waals surface area contributed by atoms with Crippen LogP contribution in [0.3, 0.4) is 0 Å². The van der Waals surface area contributed by atoms with Gasteiger partial charge in [-0.05, 0) is 32.5 Å². The van der Waals surface area contributed by atoms with E-state index in [4.69, 9.17) is 0 Å². The van der Waals surface area contributed by atoms with Crippen molar-refractivity contribution < 1.29 is 4.79 Å². The molecule has 0 fully saturated rings. The zero-order valence-electron chi connectivity index (χ0n) is 13.0. The number of rotatable bonds is 6. The molecule has 1 aromatic heterocycles. The van der Waals surface area contributed by atoms with E-state index >= 15 is 0 Å². The minimum Gasteiger partial charge on any atom is -0.339 e. The Labute approximate surface area is 116 Å². The molecule has 1 rings (SSSR count). The average Bonchev–Trinajstić information content (AvgIpc) is 2.65. The highest BCUT2D eigenvalue weighted by Gasteiger charge is 2.17. The number of nitrogens with zero attached hydrogens (tertiary/aromatic N) is 4. The van der Waals surface area contributed by atoms with Crippen LogP contribution in [0.2, 0.25) is 0 Å². The van der Waals surface area contributed by atoms with Gasteiger partial charge in [0.25, 0.3) is 5.91 Å². The molecular formula is C14H26N4O. The number of hydrogen-bond acceptors (Lipinski definition) is 3. The molecular weight excluding hydrogens is 240 g/mol. The Morgan fingerprint density at radius 3 is 2.47 bits per heavy atom. The van der Waals surface area contributed by atoms with Crippen LogP contribution in [0.5, 0.6) is 0 Å². The molecule has 0 aliphatic rings. The maximum Gasteiger partial charge on any atom is 0.271 e. The third-order valence-electron chi connectivity index (χ3n) is 3.00. The molecule has 0 aliphatic heterocycles. The summed E-state index contributed by atoms with van der Waals surface area (Å²) in [5.74, 6) is 0.580. The van der Waals surface area contributed by atoms with Crippen molar-refractivity contribution in [3.05, 3.63) is 17.5 Å². The molecule has 0 aromatic carbocycles. The van der Waals surface area contributed by atoms with Crippen molar-refractivity contribution in [2.24, 2.45) is 13.0 Å². The fraction of sp³-hybridized carbons (Fsp3) is 0.714. The quantitative estimate of drug-likeness (QED) is 0.778. The Kier molecular flexibility index (Phi) is 5.54. The number of carbonyl (C=O) groups excluding carboxylic acids is 1. The van der Waals surface area contributed by atoms with E-state index in [9.17, 15) is 4.79 Å². The van der Waals surface area contributed by atoms with E-state index in [0.29, 0.717) is 11.6 Å². The molecule has 0 saturated heterocycles. The first kappa shape index (κ1) is 15.7. The average molecular weight is 266 g/mol. The number of likely N-dealkylation sites (N-methyl/N-ethyl adjacent to an activating group) is 2. The molecule has 1 amide bonds. The van der Waals surface area contributed by atoms with E-state index in [-0.39, 0.29) is 5.91 Å². The van der Waals surface area contributed by atoms with E-state index in [1.54, 1.807) is 9.58 Å². The van der Waals surface area contributed by atoms with Gasteiger partial charge in [-0.1, -0.05) is 13.8 Å². The lowest BCUT2D eigenvalue weighted by Gasteiger charge is -2.19. The van der Waals surface area contributed by atoms with Gasteiger partial charge in [0.1, 0.15) is 5.69 Å². The van der Waals surface area contributed by atoms with Gasteiger partial charge in [-0.25, -0.2) is 0 Å². The smallest absolute Gasteiger partial charge is 0.271 e. The topological polar surface area (TPSA) is 41.4 Å². The van der Waals surface area contributed by atoms with E-state index in [1.807, 2.05) is 34.3 Å². The second-order valence-corrected chi connectivity index (χ2v) is 5.77. The molecule has 0 N–H and O–H groups in total. The first-order valence-electron chi connectivity index (χ1n) is 6.74. The van der Waals surface area contributed by atoms with Crippen molar-refractivity contribution in [2.45, 2.75) is 20.3 Å². The summed E-state index contributed by atoms with van der Waals surface area (Å²) in [7, 11) is 7.67. The first-order chi connectivity index (χ1) is 8.81. The van der Waals surface area contributed by atoms with Crippen LogP contribution >= 0.6 is 0 Å². The second kappa shape index (κ2) is 6.70. The van der Waals surface area contributed by atoms with E-state index in [0.717, 1.165) is 25.2 Å². The van der Waals surface area contributed by atoms with Crippen LogP contribution in [-0.2, 0) is 13.5 Å². The lowest BCUT2D eigenvalue weighted by atomic mass is 10.1. The maximum atomic E-state index is 12.3. The van der Waals surface area contributed by atoms with Crippen molar-refractivity contribution in [3.8, 4) is 0 Å². The molecule has 5 nitrogen and oxygen atoms in total. The Morgan fingerprint density at radius 2 is 1.95 bits per heavy atom. The zero-order valence-corrected chi connectivity index (χ0v) is 13.0. The molecule has 0 bridgehead atoms. The van der Waals surface area contributed by atoms with Gasteiger partial charge in [-0.15, -0.1) is 0 Å². The van der Waals surface area contributed by atoms with Crippen LogP contribution < -0.4 is 0 Å². The van der Waals surface area contributed by atoms with Gasteiger partial charge in [0.15, 0.2) is 0 Å². The van der Waals surface area contributed by atoms with Gasteiger partial charge in [0, 0.05) is 27.2 Å². The second-order valence-electron chi connectivity index (χ2n) is 5.77. The SMILES string of the molecule is CC(C)Cc1cc(C(=O)N(C)CCN(C)C)n(C)n1. The first-order valence-corrected chi connectivity index (χ1v) is 6.74. The number of hydrogen-bond donors (Lipinski definition) is 0. The summed E-state index contributed by atoms with van der Waals surface area (Å²) in [4.78, 5) is 16.1. The van der Waals surface area contributed by atoms with Crippen molar-refractivity contribution in [1.82, 2.24) is 19.6 Å². The van der Waals surface area contributed by atoms with Crippen LogP contribution in [0.4, 0.5) is 0 Å². The maximum absolute atomic E-state index is 12.3. The standard InChI is InChI=1S/C14H26N4O/c1-11(2)9-12-10-13(18(6)15-12)14(19)17(5)8-7-16(3)4/h10-11H,7-9H2,1-6H3. The Hall–Kier alpha value is -1.36. The third-order valence-corrected chi connectivity index (χ3v) is 3.00. The van der Waals surface area contributed by atoms with Crippen molar-refractivity contribution in [2.75, 3.05) is 34.2 Å². The molecule has 108 valence electrons. The summed E-state index contributed by atoms with van der Waals surface area (Å²) in [5.41, 5.74) is 1.65. The molecule has 1 aromatic rings. The number of amides is 1. The molecule has 1 heterocycles. The van der Waals surface area contributed by atoms with Crippen molar-refractivity contribution in [3.63, 3.8) is 0 Å². The summed E-state index contributed by atoms with van der Waals surface area (Å²) >= 11 is 0. The Morgan fingerprint density at radius 1 is 1.32 bits per heavy atom. The summed E-state index contributed by atoms with van der Waals surface area (Å²) in [5, 5.41) is 4.41. The minimum absolute atomic E-state index is 0.0341. The summed E-state index contributed by atoms with van der Waals surface area (Å²) in [6.07, 6.45) is 0.905. The van der Waals surface area contributed by atoms with Gasteiger partial charge < -0.3 is 9.80 Å². The lowest BCUT2D eigenvalue weighted by Crippen LogP contribution is -2.34. The van der Waals surface area contributed by atoms with E-state index in [2.05, 4.69) is 23.8 Å². The van der Waals surface area contributed by atoms with Crippen LogP contribution in [-0.4, -0.2) is 59.7 Å². The molecule has 0 aliphatic carbocycles. The van der Waals surface area contributed by atoms with Gasteiger partial charge in [-0.3, -0.25) is 9.48 Å². The normalized spacial score (nSPS) is 11.4. The lowest BCUT2D eigenvalue weighted by molar-refractivity contribution is 0.0775. The molecule has 0 atom stereocenters. The van der Waals surface area contributed by atoms with Gasteiger partial charge in [0.05, 0.1) is 5.69 Å². The fourth-order valence-corrected chi connectivity index (χ4v) is 1.89. The number of carbonyl (C=O) groups is 1. The Balaban J connectivity index is 2.73. The van der Waals surface area contributed by atoms with Crippen LogP contribution in [0.1, 0.15) is 30.0 Å². The molecule has 0 unspecified atom stereocenters. The van der Waals surface area contributed by atoms with Gasteiger partial charge in [0.2, 0.25) is 0 Å². The van der Waals surface area contributed by atoms with Crippen LogP contribution in [0.15, 0.2) is 6.07 Å². The highest BCUT2D eigenvalue weighted by molar-refractivity contribution is 5.92. The zero-order chi connectivity index (χ0) is 14.6. The highest BCUT2D eigenvalue weighted by Crippen LogP contribution is 2.10. The number of aromatic nitrogens is 2. The van der Waals surface area contributed by atoms with E-state index < -0.39 is 0 Å². The predicted molar refractivity (Wildman–Crippen MR) is 77.3 cm³/mol. The van der Waals surface area contributed by atoms with Crippen molar-refractivity contribution in [1.29, 1.82) is 0 Å². The highest BCUT2D eigenvalue weighted by atomic mass is 16.2. The summed E-state index contributed by atoms with van der Waals surface area (Å²) in [6.45, 7) is 5.88. The molecule has 0 spiro atoms. The Bertz CT molecular complexity index is 423. The van der Waals surface area contributed by atoms with Crippen molar-refractivity contribution >= 4 is 5.91 Å². The molecule has 5 heteroatoms. The monoisotopic (exact) mass is 266 g/mol. The van der Waals surface area contributed by atoms with Gasteiger partial charge in [-0.2, -0.15) is 5.10 Å². The van der Waals surface area contributed by atoms with Crippen LogP contribution in [0.25, 0.3) is 0 Å². The predicted octanol–water partition coefficient (Wildman–Crippen LogP) is 1.25. The van der Waals surface area contributed by atoms with E-state index in [1.165, 1.54) is 0 Å². The summed E-state index contributed by atoms with van der Waals surface area (Å²) < 4.78 is 1.69. The van der Waals surface area contributed by atoms with Gasteiger partial charge >= 0.3 is 0 Å². The van der Waals surface area contributed by atoms with Crippen LogP contribution in [0, 0.1) is 5.92 Å². The summed E-state index contributed by atoms with van der Waals surface area (Å²) in [6, 6.07) is 1.91. The number of aryl methyl sites for hydroxylation is 1. The molecule has 19 heavy (non-hydrogen) atoms. The minimum atomic E-state index is 0.0341. The molecule has 0 saturated carbocycles.